The van der Waals surface area contributed by atoms with Crippen molar-refractivity contribution < 1.29 is 4.79 Å². The molecule has 5 heteroatoms. The van der Waals surface area contributed by atoms with Crippen molar-refractivity contribution in [1.82, 2.24) is 15.2 Å². The lowest BCUT2D eigenvalue weighted by atomic mass is 10.1. The zero-order valence-corrected chi connectivity index (χ0v) is 12.7. The number of hydrogen-bond acceptors (Lipinski definition) is 4. The van der Waals surface area contributed by atoms with E-state index in [1.165, 1.54) is 0 Å². The van der Waals surface area contributed by atoms with Crippen molar-refractivity contribution in [1.29, 1.82) is 0 Å². The normalized spacial score (nSPS) is 10.3. The predicted octanol–water partition coefficient (Wildman–Crippen LogP) is 3.03. The molecule has 0 saturated heterocycles. The van der Waals surface area contributed by atoms with Gasteiger partial charge in [-0.25, -0.2) is 0 Å². The second-order valence-electron chi connectivity index (χ2n) is 5.20. The number of aromatic nitrogens is 3. The summed E-state index contributed by atoms with van der Waals surface area (Å²) < 4.78 is 0. The number of amides is 1. The van der Waals surface area contributed by atoms with Gasteiger partial charge in [-0.1, -0.05) is 36.4 Å². The number of benzene rings is 1. The third-order valence-corrected chi connectivity index (χ3v) is 3.34. The zero-order valence-electron chi connectivity index (χ0n) is 12.7. The van der Waals surface area contributed by atoms with Crippen molar-refractivity contribution in [3.05, 3.63) is 72.1 Å². The first-order valence-electron chi connectivity index (χ1n) is 7.31. The van der Waals surface area contributed by atoms with Gasteiger partial charge < -0.3 is 5.32 Å². The summed E-state index contributed by atoms with van der Waals surface area (Å²) in [5, 5.41) is 10.9. The van der Waals surface area contributed by atoms with Gasteiger partial charge in [0.1, 0.15) is 0 Å². The van der Waals surface area contributed by atoms with Crippen LogP contribution in [-0.4, -0.2) is 21.1 Å². The number of rotatable bonds is 4. The minimum absolute atomic E-state index is 0.141. The number of carbonyl (C=O) groups is 1. The van der Waals surface area contributed by atoms with E-state index in [9.17, 15) is 4.79 Å². The summed E-state index contributed by atoms with van der Waals surface area (Å²) in [6.45, 7) is 1.91. The molecule has 2 aromatic heterocycles. The highest BCUT2D eigenvalue weighted by molar-refractivity contribution is 5.91. The zero-order chi connectivity index (χ0) is 16.1. The lowest BCUT2D eigenvalue weighted by Crippen LogP contribution is -2.15. The minimum Gasteiger partial charge on any atom is -0.309 e. The molecular weight excluding hydrogens is 288 g/mol. The Hall–Kier alpha value is -3.08. The number of nitrogens with one attached hydrogen (secondary N) is 1. The van der Waals surface area contributed by atoms with Crippen LogP contribution in [0.15, 0.2) is 60.8 Å². The maximum atomic E-state index is 12.0. The van der Waals surface area contributed by atoms with E-state index >= 15 is 0 Å². The summed E-state index contributed by atoms with van der Waals surface area (Å²) in [7, 11) is 0. The predicted molar refractivity (Wildman–Crippen MR) is 88.8 cm³/mol. The summed E-state index contributed by atoms with van der Waals surface area (Å²) in [5.74, 6) is 0.298. The molecule has 0 spiro atoms. The molecular formula is C18H16N4O. The number of pyridine rings is 1. The van der Waals surface area contributed by atoms with E-state index in [2.05, 4.69) is 20.5 Å². The summed E-state index contributed by atoms with van der Waals surface area (Å²) in [5.41, 5.74) is 3.55. The van der Waals surface area contributed by atoms with Gasteiger partial charge in [-0.2, -0.15) is 0 Å². The van der Waals surface area contributed by atoms with E-state index in [-0.39, 0.29) is 12.3 Å². The van der Waals surface area contributed by atoms with Crippen molar-refractivity contribution in [3.8, 4) is 11.3 Å². The van der Waals surface area contributed by atoms with Crippen LogP contribution in [0.4, 0.5) is 5.82 Å². The van der Waals surface area contributed by atoms with E-state index in [0.29, 0.717) is 5.82 Å². The van der Waals surface area contributed by atoms with Gasteiger partial charge in [0.05, 0.1) is 12.1 Å². The molecule has 0 bridgehead atoms. The fourth-order valence-corrected chi connectivity index (χ4v) is 2.14. The van der Waals surface area contributed by atoms with Crippen molar-refractivity contribution in [2.75, 3.05) is 5.32 Å². The maximum Gasteiger partial charge on any atom is 0.230 e. The fourth-order valence-electron chi connectivity index (χ4n) is 2.14. The van der Waals surface area contributed by atoms with Crippen LogP contribution >= 0.6 is 0 Å². The average molecular weight is 304 g/mol. The van der Waals surface area contributed by atoms with Gasteiger partial charge in [0, 0.05) is 17.5 Å². The van der Waals surface area contributed by atoms with Crippen LogP contribution in [0.2, 0.25) is 0 Å². The molecule has 3 rings (SSSR count). The Balaban J connectivity index is 1.64. The van der Waals surface area contributed by atoms with Crippen molar-refractivity contribution in [2.24, 2.45) is 0 Å². The molecule has 0 aliphatic heterocycles. The van der Waals surface area contributed by atoms with Crippen LogP contribution in [0.1, 0.15) is 11.3 Å². The van der Waals surface area contributed by atoms with E-state index < -0.39 is 0 Å². The number of aryl methyl sites for hydroxylation is 1. The Labute approximate surface area is 134 Å². The second kappa shape index (κ2) is 6.79. The summed E-state index contributed by atoms with van der Waals surface area (Å²) in [6, 6.07) is 17.1. The topological polar surface area (TPSA) is 67.8 Å². The highest BCUT2D eigenvalue weighted by Crippen LogP contribution is 2.16. The molecule has 3 aromatic rings. The first-order chi connectivity index (χ1) is 11.2. The van der Waals surface area contributed by atoms with Crippen molar-refractivity contribution >= 4 is 11.7 Å². The van der Waals surface area contributed by atoms with Gasteiger partial charge in [-0.15, -0.1) is 10.2 Å². The molecule has 1 amide bonds. The Morgan fingerprint density at radius 2 is 1.83 bits per heavy atom. The molecule has 0 saturated carbocycles. The lowest BCUT2D eigenvalue weighted by Gasteiger charge is -2.05. The van der Waals surface area contributed by atoms with E-state index in [0.717, 1.165) is 22.5 Å². The van der Waals surface area contributed by atoms with Crippen LogP contribution < -0.4 is 5.32 Å². The fraction of sp³-hybridized carbons (Fsp3) is 0.111. The molecule has 0 aliphatic rings. The highest BCUT2D eigenvalue weighted by atomic mass is 16.1. The van der Waals surface area contributed by atoms with Crippen LogP contribution in [0.5, 0.6) is 0 Å². The average Bonchev–Trinajstić information content (AvgIpc) is 2.58. The Morgan fingerprint density at radius 1 is 1.00 bits per heavy atom. The molecule has 5 nitrogen and oxygen atoms in total. The lowest BCUT2D eigenvalue weighted by molar-refractivity contribution is -0.115. The molecule has 0 fully saturated rings. The van der Waals surface area contributed by atoms with Gasteiger partial charge in [-0.05, 0) is 30.7 Å². The molecule has 0 atom stereocenters. The number of anilines is 1. The van der Waals surface area contributed by atoms with Gasteiger partial charge in [0.15, 0.2) is 5.82 Å². The SMILES string of the molecule is Cc1ccc(CC(=O)Nc2ccc(-c3ccccc3)nn2)cn1. The van der Waals surface area contributed by atoms with Crippen molar-refractivity contribution in [3.63, 3.8) is 0 Å². The molecule has 0 unspecified atom stereocenters. The van der Waals surface area contributed by atoms with Gasteiger partial charge in [0.25, 0.3) is 0 Å². The Kier molecular flexibility index (Phi) is 4.38. The largest absolute Gasteiger partial charge is 0.309 e. The number of nitrogens with zero attached hydrogens (tertiary/aromatic N) is 3. The van der Waals surface area contributed by atoms with E-state index in [1.54, 1.807) is 12.3 Å². The number of carbonyl (C=O) groups excluding carboxylic acids is 1. The second-order valence-corrected chi connectivity index (χ2v) is 5.20. The third-order valence-electron chi connectivity index (χ3n) is 3.34. The van der Waals surface area contributed by atoms with Crippen molar-refractivity contribution in [2.45, 2.75) is 13.3 Å². The molecule has 0 radical (unpaired) electrons. The first-order valence-corrected chi connectivity index (χ1v) is 7.31. The summed E-state index contributed by atoms with van der Waals surface area (Å²) in [6.07, 6.45) is 1.97. The van der Waals surface area contributed by atoms with Gasteiger partial charge >= 0.3 is 0 Å². The van der Waals surface area contributed by atoms with Crippen LogP contribution in [-0.2, 0) is 11.2 Å². The Bertz CT molecular complexity index is 784. The van der Waals surface area contributed by atoms with Crippen LogP contribution in [0, 0.1) is 6.92 Å². The number of hydrogen-bond donors (Lipinski definition) is 1. The molecule has 114 valence electrons. The summed E-state index contributed by atoms with van der Waals surface area (Å²) >= 11 is 0. The molecule has 1 N–H and O–H groups in total. The molecule has 2 heterocycles. The van der Waals surface area contributed by atoms with Gasteiger partial charge in [-0.3, -0.25) is 9.78 Å². The minimum atomic E-state index is -0.141. The maximum absolute atomic E-state index is 12.0. The Morgan fingerprint density at radius 3 is 2.48 bits per heavy atom. The van der Waals surface area contributed by atoms with E-state index in [1.807, 2.05) is 55.5 Å². The highest BCUT2D eigenvalue weighted by Gasteiger charge is 2.06. The quantitative estimate of drug-likeness (QED) is 0.804. The third kappa shape index (κ3) is 3.97. The first kappa shape index (κ1) is 14.8. The standard InChI is InChI=1S/C18H16N4O/c1-13-7-8-14(12-19-13)11-18(23)20-17-10-9-16(21-22-17)15-5-3-2-4-6-15/h2-10,12H,11H2,1H3,(H,20,22,23). The summed E-state index contributed by atoms with van der Waals surface area (Å²) in [4.78, 5) is 16.2. The molecule has 0 aliphatic carbocycles. The van der Waals surface area contributed by atoms with Crippen LogP contribution in [0.3, 0.4) is 0 Å². The smallest absolute Gasteiger partial charge is 0.230 e. The molecule has 1 aromatic carbocycles. The molecule has 23 heavy (non-hydrogen) atoms. The monoisotopic (exact) mass is 304 g/mol. The van der Waals surface area contributed by atoms with Gasteiger partial charge in [0.2, 0.25) is 5.91 Å². The van der Waals surface area contributed by atoms with E-state index in [4.69, 9.17) is 0 Å². The van der Waals surface area contributed by atoms with Crippen LogP contribution in [0.25, 0.3) is 11.3 Å².